The van der Waals surface area contributed by atoms with Gasteiger partial charge >= 0.3 is 5.97 Å². The zero-order valence-corrected chi connectivity index (χ0v) is 10.6. The van der Waals surface area contributed by atoms with E-state index in [0.717, 1.165) is 5.56 Å². The summed E-state index contributed by atoms with van der Waals surface area (Å²) in [4.78, 5) is 22.5. The maximum atomic E-state index is 11.5. The zero-order valence-electron chi connectivity index (χ0n) is 10.6. The number of methoxy groups -OCH3 is 1. The van der Waals surface area contributed by atoms with Gasteiger partial charge in [-0.05, 0) is 31.5 Å². The fourth-order valence-corrected chi connectivity index (χ4v) is 1.48. The number of benzene rings is 1. The molecule has 0 spiro atoms. The highest BCUT2D eigenvalue weighted by atomic mass is 16.5. The second-order valence-corrected chi connectivity index (χ2v) is 4.01. The van der Waals surface area contributed by atoms with E-state index in [0.29, 0.717) is 11.4 Å². The molecule has 1 aromatic carbocycles. The van der Waals surface area contributed by atoms with Crippen LogP contribution in [0.2, 0.25) is 0 Å². The number of esters is 1. The van der Waals surface area contributed by atoms with Gasteiger partial charge in [-0.1, -0.05) is 0 Å². The molecule has 1 aromatic rings. The second-order valence-electron chi connectivity index (χ2n) is 4.01. The van der Waals surface area contributed by atoms with E-state index in [1.807, 2.05) is 0 Å². The van der Waals surface area contributed by atoms with Gasteiger partial charge in [0.2, 0.25) is 5.91 Å². The van der Waals surface area contributed by atoms with Crippen LogP contribution >= 0.6 is 0 Å². The van der Waals surface area contributed by atoms with Crippen molar-refractivity contribution in [1.29, 1.82) is 0 Å². The lowest BCUT2D eigenvalue weighted by atomic mass is 10.1. The van der Waals surface area contributed by atoms with E-state index >= 15 is 0 Å². The fraction of sp³-hybridized carbons (Fsp3) is 0.333. The third-order valence-corrected chi connectivity index (χ3v) is 2.60. The van der Waals surface area contributed by atoms with Crippen LogP contribution in [0.5, 0.6) is 0 Å². The highest BCUT2D eigenvalue weighted by Crippen LogP contribution is 2.23. The first kappa shape index (κ1) is 13.8. The number of hydrogen-bond acceptors (Lipinski definition) is 5. The van der Waals surface area contributed by atoms with Crippen molar-refractivity contribution in [3.8, 4) is 0 Å². The number of primary amides is 1. The van der Waals surface area contributed by atoms with Crippen molar-refractivity contribution >= 4 is 23.3 Å². The minimum Gasteiger partial charge on any atom is -0.465 e. The van der Waals surface area contributed by atoms with Gasteiger partial charge in [-0.25, -0.2) is 4.79 Å². The Labute approximate surface area is 105 Å². The van der Waals surface area contributed by atoms with Gasteiger partial charge in [-0.3, -0.25) is 4.79 Å². The number of nitrogens with two attached hydrogens (primary N) is 2. The van der Waals surface area contributed by atoms with Crippen LogP contribution in [0.25, 0.3) is 0 Å². The summed E-state index contributed by atoms with van der Waals surface area (Å²) in [6, 6.07) is 2.73. The van der Waals surface area contributed by atoms with Gasteiger partial charge in [0.15, 0.2) is 0 Å². The monoisotopic (exact) mass is 251 g/mol. The largest absolute Gasteiger partial charge is 0.465 e. The second kappa shape index (κ2) is 5.39. The summed E-state index contributed by atoms with van der Waals surface area (Å²) >= 11 is 0. The molecule has 0 fully saturated rings. The summed E-state index contributed by atoms with van der Waals surface area (Å²) in [6.45, 7) is 3.40. The number of nitrogens with one attached hydrogen (secondary N) is 1. The van der Waals surface area contributed by atoms with E-state index in [9.17, 15) is 9.59 Å². The SMILES string of the molecule is COC(=O)c1cc(NC(C)C(N)=O)cc(C)c1N. The van der Waals surface area contributed by atoms with Gasteiger partial charge in [0.05, 0.1) is 12.7 Å². The van der Waals surface area contributed by atoms with Crippen molar-refractivity contribution in [3.63, 3.8) is 0 Å². The first-order valence-corrected chi connectivity index (χ1v) is 5.41. The fourth-order valence-electron chi connectivity index (χ4n) is 1.48. The summed E-state index contributed by atoms with van der Waals surface area (Å²) in [5.41, 5.74) is 12.9. The van der Waals surface area contributed by atoms with E-state index < -0.39 is 17.9 Å². The van der Waals surface area contributed by atoms with Crippen molar-refractivity contribution in [1.82, 2.24) is 0 Å². The predicted molar refractivity (Wildman–Crippen MR) is 69.2 cm³/mol. The van der Waals surface area contributed by atoms with Crippen molar-refractivity contribution in [2.75, 3.05) is 18.2 Å². The molecule has 0 saturated heterocycles. The summed E-state index contributed by atoms with van der Waals surface area (Å²) in [6.07, 6.45) is 0. The Hall–Kier alpha value is -2.24. The third-order valence-electron chi connectivity index (χ3n) is 2.60. The molecule has 1 amide bonds. The normalized spacial score (nSPS) is 11.7. The van der Waals surface area contributed by atoms with Gasteiger partial charge in [0, 0.05) is 11.4 Å². The van der Waals surface area contributed by atoms with Crippen LogP contribution in [-0.2, 0) is 9.53 Å². The number of carbonyl (C=O) groups is 2. The molecule has 0 heterocycles. The Morgan fingerprint density at radius 3 is 2.50 bits per heavy atom. The first-order chi connectivity index (χ1) is 8.36. The molecule has 0 radical (unpaired) electrons. The number of ether oxygens (including phenoxy) is 1. The predicted octanol–water partition coefficient (Wildman–Crippen LogP) is 0.650. The Morgan fingerprint density at radius 2 is 2.00 bits per heavy atom. The van der Waals surface area contributed by atoms with Gasteiger partial charge in [-0.15, -0.1) is 0 Å². The Bertz CT molecular complexity index is 486. The molecule has 5 N–H and O–H groups in total. The molecular weight excluding hydrogens is 234 g/mol. The van der Waals surface area contributed by atoms with Gasteiger partial charge in [-0.2, -0.15) is 0 Å². The number of carbonyl (C=O) groups excluding carboxylic acids is 2. The molecule has 0 bridgehead atoms. The van der Waals surface area contributed by atoms with Crippen molar-refractivity contribution in [2.45, 2.75) is 19.9 Å². The van der Waals surface area contributed by atoms with Crippen molar-refractivity contribution in [2.24, 2.45) is 5.73 Å². The lowest BCUT2D eigenvalue weighted by Gasteiger charge is -2.15. The molecule has 0 saturated carbocycles. The average Bonchev–Trinajstić information content (AvgIpc) is 2.32. The van der Waals surface area contributed by atoms with E-state index in [1.165, 1.54) is 13.2 Å². The summed E-state index contributed by atoms with van der Waals surface area (Å²) < 4.78 is 4.64. The van der Waals surface area contributed by atoms with Gasteiger partial charge in [0.25, 0.3) is 0 Å². The number of amides is 1. The quantitative estimate of drug-likeness (QED) is 0.538. The number of aryl methyl sites for hydroxylation is 1. The minimum atomic E-state index is -0.543. The van der Waals surface area contributed by atoms with Crippen LogP contribution in [0, 0.1) is 6.92 Å². The molecule has 0 aliphatic rings. The molecule has 6 heteroatoms. The molecule has 6 nitrogen and oxygen atoms in total. The third kappa shape index (κ3) is 2.91. The molecule has 1 atom stereocenters. The van der Waals surface area contributed by atoms with Gasteiger partial charge < -0.3 is 21.5 Å². The van der Waals surface area contributed by atoms with E-state index in [4.69, 9.17) is 11.5 Å². The van der Waals surface area contributed by atoms with Crippen LogP contribution in [0.3, 0.4) is 0 Å². The van der Waals surface area contributed by atoms with Crippen molar-refractivity contribution in [3.05, 3.63) is 23.3 Å². The minimum absolute atomic E-state index is 0.261. The maximum Gasteiger partial charge on any atom is 0.340 e. The molecule has 1 rings (SSSR count). The lowest BCUT2D eigenvalue weighted by molar-refractivity contribution is -0.118. The highest BCUT2D eigenvalue weighted by molar-refractivity contribution is 5.97. The van der Waals surface area contributed by atoms with E-state index in [2.05, 4.69) is 10.1 Å². The molecule has 0 aromatic heterocycles. The Morgan fingerprint density at radius 1 is 1.39 bits per heavy atom. The number of anilines is 2. The molecule has 98 valence electrons. The molecule has 1 unspecified atom stereocenters. The van der Waals surface area contributed by atoms with Crippen LogP contribution in [-0.4, -0.2) is 25.0 Å². The van der Waals surface area contributed by atoms with Crippen LogP contribution < -0.4 is 16.8 Å². The molecular formula is C12H17N3O3. The van der Waals surface area contributed by atoms with Gasteiger partial charge in [0.1, 0.15) is 6.04 Å². The molecule has 18 heavy (non-hydrogen) atoms. The summed E-state index contributed by atoms with van der Waals surface area (Å²) in [5.74, 6) is -1.00. The number of nitrogen functional groups attached to an aromatic ring is 1. The van der Waals surface area contributed by atoms with E-state index in [-0.39, 0.29) is 5.56 Å². The standard InChI is InChI=1S/C12H17N3O3/c1-6-4-8(15-7(2)11(14)16)5-9(10(6)13)12(17)18-3/h4-5,7,15H,13H2,1-3H3,(H2,14,16). The van der Waals surface area contributed by atoms with Crippen LogP contribution in [0.15, 0.2) is 12.1 Å². The summed E-state index contributed by atoms with van der Waals surface area (Å²) in [5, 5.41) is 2.89. The zero-order chi connectivity index (χ0) is 13.9. The average molecular weight is 251 g/mol. The smallest absolute Gasteiger partial charge is 0.340 e. The number of rotatable bonds is 4. The first-order valence-electron chi connectivity index (χ1n) is 5.41. The van der Waals surface area contributed by atoms with Crippen LogP contribution in [0.4, 0.5) is 11.4 Å². The Balaban J connectivity index is 3.12. The number of hydrogen-bond donors (Lipinski definition) is 3. The maximum absolute atomic E-state index is 11.5. The van der Waals surface area contributed by atoms with E-state index in [1.54, 1.807) is 19.9 Å². The molecule has 0 aliphatic heterocycles. The lowest BCUT2D eigenvalue weighted by Crippen LogP contribution is -2.32. The summed E-state index contributed by atoms with van der Waals surface area (Å²) in [7, 11) is 1.28. The highest BCUT2D eigenvalue weighted by Gasteiger charge is 2.15. The molecule has 0 aliphatic carbocycles. The topological polar surface area (TPSA) is 107 Å². The Kier molecular flexibility index (Phi) is 4.14. The van der Waals surface area contributed by atoms with Crippen LogP contribution in [0.1, 0.15) is 22.8 Å². The van der Waals surface area contributed by atoms with Crippen molar-refractivity contribution < 1.29 is 14.3 Å².